The van der Waals surface area contributed by atoms with Gasteiger partial charge in [-0.05, 0) is 56.5 Å². The van der Waals surface area contributed by atoms with Gasteiger partial charge in [0, 0.05) is 25.3 Å². The van der Waals surface area contributed by atoms with Crippen LogP contribution in [-0.2, 0) is 0 Å². The Kier molecular flexibility index (Phi) is 5.18. The molecule has 4 heterocycles. The number of hydrogen-bond donors (Lipinski definition) is 1. The van der Waals surface area contributed by atoms with Crippen LogP contribution in [0.5, 0.6) is 0 Å². The van der Waals surface area contributed by atoms with Crippen LogP contribution in [0.1, 0.15) is 40.9 Å². The maximum atomic E-state index is 14.6. The second-order valence-electron chi connectivity index (χ2n) is 9.30. The number of hydrogen-bond acceptors (Lipinski definition) is 6. The third-order valence-corrected chi connectivity index (χ3v) is 6.58. The Bertz CT molecular complexity index is 1480. The van der Waals surface area contributed by atoms with Crippen LogP contribution >= 0.6 is 0 Å². The fraction of sp³-hybridized carbons (Fsp3) is 0.320. The van der Waals surface area contributed by atoms with Crippen molar-refractivity contribution in [3.8, 4) is 17.1 Å². The Balaban J connectivity index is 1.35. The van der Waals surface area contributed by atoms with Crippen molar-refractivity contribution in [1.82, 2.24) is 39.6 Å². The molecule has 1 aliphatic carbocycles. The molecule has 1 amide bonds. The quantitative estimate of drug-likeness (QED) is 0.480. The summed E-state index contributed by atoms with van der Waals surface area (Å²) in [6.07, 6.45) is 12.3. The molecule has 0 atom stereocenters. The van der Waals surface area contributed by atoms with Gasteiger partial charge in [0.1, 0.15) is 11.5 Å². The molecule has 0 bridgehead atoms. The van der Waals surface area contributed by atoms with Crippen molar-refractivity contribution in [2.24, 2.45) is 0 Å². The molecule has 178 valence electrons. The molecule has 0 saturated heterocycles. The zero-order chi connectivity index (χ0) is 24.1. The molecule has 35 heavy (non-hydrogen) atoms. The Morgan fingerprint density at radius 1 is 1.14 bits per heavy atom. The lowest BCUT2D eigenvalue weighted by Gasteiger charge is -2.21. The highest BCUT2D eigenvalue weighted by molar-refractivity contribution is 5.95. The van der Waals surface area contributed by atoms with Crippen LogP contribution in [0.2, 0.25) is 0 Å². The van der Waals surface area contributed by atoms with Gasteiger partial charge in [0.25, 0.3) is 5.91 Å². The standard InChI is InChI=1S/C25H25FN8O/c1-15-9-19(26)18(25(35)29-17-3-4-17)10-22(15)34-14-21(30-31-34)23-11-28-24-12-27-20(13-33(23)24)16-5-7-32(2)8-6-16/h5,9-14,17H,3-4,6-8H2,1-2H3,(H,29,35). The summed E-state index contributed by atoms with van der Waals surface area (Å²) in [7, 11) is 2.10. The topological polar surface area (TPSA) is 93.2 Å². The van der Waals surface area contributed by atoms with Crippen LogP contribution in [0.4, 0.5) is 4.39 Å². The molecular weight excluding hydrogens is 447 g/mol. The van der Waals surface area contributed by atoms with E-state index in [0.717, 1.165) is 43.7 Å². The number of halogens is 1. The molecule has 3 aromatic heterocycles. The number of likely N-dealkylation sites (N-methyl/N-ethyl adjacent to an activating group) is 1. The molecule has 1 fully saturated rings. The average molecular weight is 473 g/mol. The second kappa shape index (κ2) is 8.38. The highest BCUT2D eigenvalue weighted by Gasteiger charge is 2.26. The van der Waals surface area contributed by atoms with Gasteiger partial charge < -0.3 is 10.2 Å². The third kappa shape index (κ3) is 4.10. The van der Waals surface area contributed by atoms with Crippen molar-refractivity contribution in [2.45, 2.75) is 32.2 Å². The molecule has 1 aliphatic heterocycles. The van der Waals surface area contributed by atoms with Gasteiger partial charge in [0.05, 0.1) is 41.2 Å². The number of aryl methyl sites for hydroxylation is 1. The van der Waals surface area contributed by atoms with Gasteiger partial charge in [0.15, 0.2) is 5.65 Å². The van der Waals surface area contributed by atoms with Gasteiger partial charge in [-0.1, -0.05) is 11.3 Å². The lowest BCUT2D eigenvalue weighted by atomic mass is 10.1. The molecule has 0 unspecified atom stereocenters. The Labute approximate surface area is 201 Å². The zero-order valence-corrected chi connectivity index (χ0v) is 19.6. The zero-order valence-electron chi connectivity index (χ0n) is 19.6. The smallest absolute Gasteiger partial charge is 0.254 e. The first kappa shape index (κ1) is 21.6. The molecule has 1 saturated carbocycles. The van der Waals surface area contributed by atoms with E-state index < -0.39 is 11.7 Å². The van der Waals surface area contributed by atoms with Crippen molar-refractivity contribution in [2.75, 3.05) is 20.1 Å². The first-order valence-electron chi connectivity index (χ1n) is 11.7. The second-order valence-corrected chi connectivity index (χ2v) is 9.30. The summed E-state index contributed by atoms with van der Waals surface area (Å²) < 4.78 is 18.1. The number of benzene rings is 1. The number of nitrogens with one attached hydrogen (secondary N) is 1. The maximum Gasteiger partial charge on any atom is 0.254 e. The largest absolute Gasteiger partial charge is 0.349 e. The number of imidazole rings is 1. The lowest BCUT2D eigenvalue weighted by Crippen LogP contribution is -2.26. The van der Waals surface area contributed by atoms with Gasteiger partial charge in [-0.2, -0.15) is 0 Å². The van der Waals surface area contributed by atoms with Crippen LogP contribution in [0.3, 0.4) is 0 Å². The predicted molar refractivity (Wildman–Crippen MR) is 129 cm³/mol. The van der Waals surface area contributed by atoms with Crippen LogP contribution in [0.15, 0.2) is 43.0 Å². The first-order chi connectivity index (χ1) is 17.0. The number of fused-ring (bicyclic) bond motifs is 1. The summed E-state index contributed by atoms with van der Waals surface area (Å²) in [5.74, 6) is -0.952. The van der Waals surface area contributed by atoms with E-state index in [1.165, 1.54) is 17.7 Å². The van der Waals surface area contributed by atoms with E-state index in [9.17, 15) is 9.18 Å². The fourth-order valence-corrected chi connectivity index (χ4v) is 4.32. The van der Waals surface area contributed by atoms with E-state index in [1.54, 1.807) is 30.2 Å². The third-order valence-electron chi connectivity index (χ3n) is 6.58. The maximum absolute atomic E-state index is 14.6. The fourth-order valence-electron chi connectivity index (χ4n) is 4.32. The van der Waals surface area contributed by atoms with E-state index >= 15 is 0 Å². The van der Waals surface area contributed by atoms with Gasteiger partial charge in [-0.25, -0.2) is 14.1 Å². The molecule has 1 aromatic carbocycles. The first-order valence-corrected chi connectivity index (χ1v) is 11.7. The lowest BCUT2D eigenvalue weighted by molar-refractivity contribution is 0.0947. The summed E-state index contributed by atoms with van der Waals surface area (Å²) in [6.45, 7) is 3.68. The molecule has 10 heteroatoms. The van der Waals surface area contributed by atoms with Gasteiger partial charge in [0.2, 0.25) is 0 Å². The minimum Gasteiger partial charge on any atom is -0.349 e. The summed E-state index contributed by atoms with van der Waals surface area (Å²) >= 11 is 0. The van der Waals surface area contributed by atoms with Gasteiger partial charge in [-0.3, -0.25) is 14.2 Å². The minimum atomic E-state index is -0.547. The van der Waals surface area contributed by atoms with Crippen molar-refractivity contribution in [1.29, 1.82) is 0 Å². The Morgan fingerprint density at radius 2 is 2.00 bits per heavy atom. The summed E-state index contributed by atoms with van der Waals surface area (Å²) in [5.41, 5.74) is 5.48. The Hall–Kier alpha value is -3.92. The van der Waals surface area contributed by atoms with E-state index in [-0.39, 0.29) is 11.6 Å². The van der Waals surface area contributed by atoms with Crippen LogP contribution in [0, 0.1) is 12.7 Å². The van der Waals surface area contributed by atoms with Crippen molar-refractivity contribution in [3.05, 3.63) is 65.6 Å². The molecule has 0 spiro atoms. The molecule has 9 nitrogen and oxygen atoms in total. The molecule has 0 radical (unpaired) electrons. The molecule has 1 N–H and O–H groups in total. The minimum absolute atomic E-state index is 0.00599. The van der Waals surface area contributed by atoms with Crippen LogP contribution < -0.4 is 5.32 Å². The number of rotatable bonds is 5. The number of amides is 1. The van der Waals surface area contributed by atoms with E-state index in [4.69, 9.17) is 0 Å². The van der Waals surface area contributed by atoms with E-state index in [0.29, 0.717) is 22.6 Å². The molecule has 2 aliphatic rings. The normalized spacial score (nSPS) is 16.5. The monoisotopic (exact) mass is 472 g/mol. The van der Waals surface area contributed by atoms with Crippen molar-refractivity contribution >= 4 is 17.1 Å². The number of carbonyl (C=O) groups excluding carboxylic acids is 1. The Morgan fingerprint density at radius 3 is 2.77 bits per heavy atom. The SMILES string of the molecule is Cc1cc(F)c(C(=O)NC2CC2)cc1-n1cc(-c2cnc3cnc(C4=CCN(C)CC4)cn23)nn1. The molecular formula is C25H25FN8O. The number of carbonyl (C=O) groups is 1. The van der Waals surface area contributed by atoms with Crippen molar-refractivity contribution in [3.63, 3.8) is 0 Å². The van der Waals surface area contributed by atoms with Crippen molar-refractivity contribution < 1.29 is 9.18 Å². The van der Waals surface area contributed by atoms with Crippen LogP contribution in [-0.4, -0.2) is 66.3 Å². The van der Waals surface area contributed by atoms with E-state index in [2.05, 4.69) is 43.6 Å². The highest BCUT2D eigenvalue weighted by Crippen LogP contribution is 2.26. The van der Waals surface area contributed by atoms with E-state index in [1.807, 2.05) is 10.6 Å². The molecule has 4 aromatic rings. The predicted octanol–water partition coefficient (Wildman–Crippen LogP) is 3.04. The van der Waals surface area contributed by atoms with Gasteiger partial charge in [-0.15, -0.1) is 5.10 Å². The van der Waals surface area contributed by atoms with Gasteiger partial charge >= 0.3 is 0 Å². The summed E-state index contributed by atoms with van der Waals surface area (Å²) in [5, 5.41) is 11.5. The highest BCUT2D eigenvalue weighted by atomic mass is 19.1. The average Bonchev–Trinajstić information content (AvgIpc) is 3.36. The number of nitrogens with zero attached hydrogens (tertiary/aromatic N) is 7. The van der Waals surface area contributed by atoms with Crippen LogP contribution in [0.25, 0.3) is 28.3 Å². The molecule has 6 rings (SSSR count). The summed E-state index contributed by atoms with van der Waals surface area (Å²) in [4.78, 5) is 23.8. The number of aromatic nitrogens is 6. The summed E-state index contributed by atoms with van der Waals surface area (Å²) in [6, 6.07) is 3.04.